The molecule has 1 saturated carbocycles. The van der Waals surface area contributed by atoms with Crippen LogP contribution in [0.3, 0.4) is 0 Å². The molecule has 1 heterocycles. The van der Waals surface area contributed by atoms with Crippen molar-refractivity contribution in [3.8, 4) is 23.3 Å². The molecule has 1 aliphatic heterocycles. The Bertz CT molecular complexity index is 888. The summed E-state index contributed by atoms with van der Waals surface area (Å²) >= 11 is 0. The standard InChI is InChI=1S/C23H23NO2/c1-3-7-17-13-15-21-20(22(17)26-19-8-5-4-6-9-19)14-10-16(2)24(21)23(25)18-11-12-18/h4-6,8-9,13,15-16,18H,10-12,14H2,1-2H3/t16-/m0/s1. The van der Waals surface area contributed by atoms with E-state index in [0.29, 0.717) is 0 Å². The quantitative estimate of drug-likeness (QED) is 0.738. The van der Waals surface area contributed by atoms with Crippen molar-refractivity contribution in [1.82, 2.24) is 0 Å². The van der Waals surface area contributed by atoms with Gasteiger partial charge in [-0.05, 0) is 63.8 Å². The number of rotatable bonds is 3. The number of benzene rings is 2. The van der Waals surface area contributed by atoms with E-state index >= 15 is 0 Å². The topological polar surface area (TPSA) is 29.5 Å². The molecule has 3 heteroatoms. The summed E-state index contributed by atoms with van der Waals surface area (Å²) in [6.45, 7) is 3.97. The maximum atomic E-state index is 12.9. The van der Waals surface area contributed by atoms with E-state index in [0.717, 1.165) is 54.0 Å². The third-order valence-electron chi connectivity index (χ3n) is 5.14. The van der Waals surface area contributed by atoms with Crippen molar-refractivity contribution in [1.29, 1.82) is 0 Å². The minimum atomic E-state index is 0.206. The van der Waals surface area contributed by atoms with Crippen molar-refractivity contribution in [3.63, 3.8) is 0 Å². The van der Waals surface area contributed by atoms with Crippen LogP contribution in [0.1, 0.15) is 44.2 Å². The van der Waals surface area contributed by atoms with E-state index in [1.807, 2.05) is 54.3 Å². The normalized spacial score (nSPS) is 18.5. The first-order valence-electron chi connectivity index (χ1n) is 9.33. The lowest BCUT2D eigenvalue weighted by molar-refractivity contribution is -0.120. The van der Waals surface area contributed by atoms with E-state index in [1.165, 1.54) is 0 Å². The Morgan fingerprint density at radius 2 is 1.88 bits per heavy atom. The van der Waals surface area contributed by atoms with Crippen LogP contribution < -0.4 is 9.64 Å². The molecule has 26 heavy (non-hydrogen) atoms. The zero-order chi connectivity index (χ0) is 18.1. The second kappa shape index (κ2) is 6.88. The minimum absolute atomic E-state index is 0.206. The molecular weight excluding hydrogens is 322 g/mol. The Morgan fingerprint density at radius 3 is 2.58 bits per heavy atom. The number of carbonyl (C=O) groups is 1. The van der Waals surface area contributed by atoms with Gasteiger partial charge in [0.2, 0.25) is 5.91 Å². The van der Waals surface area contributed by atoms with Gasteiger partial charge in [-0.2, -0.15) is 0 Å². The van der Waals surface area contributed by atoms with Gasteiger partial charge in [0, 0.05) is 17.5 Å². The van der Waals surface area contributed by atoms with Crippen LogP contribution in [0.5, 0.6) is 11.5 Å². The van der Waals surface area contributed by atoms with Crippen molar-refractivity contribution in [2.75, 3.05) is 4.90 Å². The summed E-state index contributed by atoms with van der Waals surface area (Å²) in [6, 6.07) is 14.0. The van der Waals surface area contributed by atoms with Crippen LogP contribution in [0.25, 0.3) is 0 Å². The Kier molecular flexibility index (Phi) is 4.42. The Balaban J connectivity index is 1.81. The zero-order valence-corrected chi connectivity index (χ0v) is 15.3. The first kappa shape index (κ1) is 16.7. The number of anilines is 1. The van der Waals surface area contributed by atoms with Crippen molar-refractivity contribution >= 4 is 11.6 Å². The molecule has 0 saturated heterocycles. The van der Waals surface area contributed by atoms with Gasteiger partial charge in [-0.15, -0.1) is 5.92 Å². The van der Waals surface area contributed by atoms with E-state index in [2.05, 4.69) is 18.8 Å². The number of para-hydroxylation sites is 1. The van der Waals surface area contributed by atoms with E-state index in [4.69, 9.17) is 4.74 Å². The third kappa shape index (κ3) is 3.08. The maximum Gasteiger partial charge on any atom is 0.230 e. The predicted molar refractivity (Wildman–Crippen MR) is 104 cm³/mol. The van der Waals surface area contributed by atoms with Gasteiger partial charge in [0.15, 0.2) is 0 Å². The molecule has 1 atom stereocenters. The molecule has 0 radical (unpaired) electrons. The lowest BCUT2D eigenvalue weighted by atomic mass is 9.93. The summed E-state index contributed by atoms with van der Waals surface area (Å²) in [5.41, 5.74) is 2.97. The van der Waals surface area contributed by atoms with Gasteiger partial charge in [0.25, 0.3) is 0 Å². The molecule has 2 aliphatic rings. The van der Waals surface area contributed by atoms with E-state index in [9.17, 15) is 4.79 Å². The molecule has 2 aromatic carbocycles. The SMILES string of the molecule is CC#Cc1ccc2c(c1Oc1ccccc1)CC[C@H](C)N2C(=O)C1CC1. The molecule has 0 bridgehead atoms. The first-order valence-corrected chi connectivity index (χ1v) is 9.33. The fraction of sp³-hybridized carbons (Fsp3) is 0.348. The van der Waals surface area contributed by atoms with Gasteiger partial charge in [0.05, 0.1) is 11.3 Å². The first-order chi connectivity index (χ1) is 12.7. The molecule has 0 spiro atoms. The molecule has 0 unspecified atom stereocenters. The Hall–Kier alpha value is -2.73. The van der Waals surface area contributed by atoms with Crippen LogP contribution >= 0.6 is 0 Å². The lowest BCUT2D eigenvalue weighted by Gasteiger charge is -2.36. The average Bonchev–Trinajstić information content (AvgIpc) is 3.49. The van der Waals surface area contributed by atoms with Crippen molar-refractivity contribution in [3.05, 3.63) is 53.6 Å². The second-order valence-corrected chi connectivity index (χ2v) is 7.10. The van der Waals surface area contributed by atoms with Crippen molar-refractivity contribution in [2.24, 2.45) is 5.92 Å². The van der Waals surface area contributed by atoms with Crippen LogP contribution in [0.2, 0.25) is 0 Å². The average molecular weight is 345 g/mol. The van der Waals surface area contributed by atoms with Crippen LogP contribution in [0.15, 0.2) is 42.5 Å². The Labute approximate surface area is 155 Å². The number of hydrogen-bond acceptors (Lipinski definition) is 2. The van der Waals surface area contributed by atoms with Crippen LogP contribution in [-0.2, 0) is 11.2 Å². The van der Waals surface area contributed by atoms with Crippen LogP contribution in [0.4, 0.5) is 5.69 Å². The summed E-state index contributed by atoms with van der Waals surface area (Å²) < 4.78 is 6.26. The molecule has 0 N–H and O–H groups in total. The molecule has 1 fully saturated rings. The van der Waals surface area contributed by atoms with Gasteiger partial charge in [-0.25, -0.2) is 0 Å². The Morgan fingerprint density at radius 1 is 1.12 bits per heavy atom. The summed E-state index contributed by atoms with van der Waals surface area (Å²) in [6.07, 6.45) is 3.88. The number of carbonyl (C=O) groups excluding carboxylic acids is 1. The zero-order valence-electron chi connectivity index (χ0n) is 15.3. The highest BCUT2D eigenvalue weighted by Crippen LogP contribution is 2.43. The fourth-order valence-electron chi connectivity index (χ4n) is 3.62. The highest BCUT2D eigenvalue weighted by Gasteiger charge is 2.39. The monoisotopic (exact) mass is 345 g/mol. The van der Waals surface area contributed by atoms with Crippen molar-refractivity contribution in [2.45, 2.75) is 45.6 Å². The number of nitrogens with zero attached hydrogens (tertiary/aromatic N) is 1. The molecule has 4 rings (SSSR count). The van der Waals surface area contributed by atoms with Crippen molar-refractivity contribution < 1.29 is 9.53 Å². The summed E-state index contributed by atoms with van der Waals surface area (Å²) in [5, 5.41) is 0. The second-order valence-electron chi connectivity index (χ2n) is 7.10. The maximum absolute atomic E-state index is 12.9. The summed E-state index contributed by atoms with van der Waals surface area (Å²) in [7, 11) is 0. The molecule has 132 valence electrons. The summed E-state index contributed by atoms with van der Waals surface area (Å²) in [4.78, 5) is 14.9. The molecule has 3 nitrogen and oxygen atoms in total. The van der Waals surface area contributed by atoms with Gasteiger partial charge in [-0.3, -0.25) is 4.79 Å². The van der Waals surface area contributed by atoms with Crippen LogP contribution in [-0.4, -0.2) is 11.9 Å². The number of amides is 1. The van der Waals surface area contributed by atoms with Gasteiger partial charge in [0.1, 0.15) is 11.5 Å². The molecule has 1 amide bonds. The predicted octanol–water partition coefficient (Wildman–Crippen LogP) is 4.93. The highest BCUT2D eigenvalue weighted by atomic mass is 16.5. The smallest absolute Gasteiger partial charge is 0.230 e. The number of hydrogen-bond donors (Lipinski definition) is 0. The van der Waals surface area contributed by atoms with Gasteiger partial charge < -0.3 is 9.64 Å². The highest BCUT2D eigenvalue weighted by molar-refractivity contribution is 5.98. The number of fused-ring (bicyclic) bond motifs is 1. The van der Waals surface area contributed by atoms with Gasteiger partial charge >= 0.3 is 0 Å². The fourth-order valence-corrected chi connectivity index (χ4v) is 3.62. The summed E-state index contributed by atoms with van der Waals surface area (Å²) in [5.74, 6) is 8.19. The third-order valence-corrected chi connectivity index (χ3v) is 5.14. The largest absolute Gasteiger partial charge is 0.456 e. The van der Waals surface area contributed by atoms with Gasteiger partial charge in [-0.1, -0.05) is 24.1 Å². The molecule has 1 aliphatic carbocycles. The number of ether oxygens (including phenoxy) is 1. The van der Waals surface area contributed by atoms with E-state index in [-0.39, 0.29) is 17.9 Å². The molecule has 0 aromatic heterocycles. The molecule has 2 aromatic rings. The van der Waals surface area contributed by atoms with E-state index in [1.54, 1.807) is 0 Å². The minimum Gasteiger partial charge on any atom is -0.456 e. The van der Waals surface area contributed by atoms with E-state index < -0.39 is 0 Å². The van der Waals surface area contributed by atoms with Crippen LogP contribution in [0, 0.1) is 17.8 Å². The molecular formula is C23H23NO2. The lowest BCUT2D eigenvalue weighted by Crippen LogP contribution is -2.43.